The van der Waals surface area contributed by atoms with Gasteiger partial charge in [-0.2, -0.15) is 0 Å². The van der Waals surface area contributed by atoms with Crippen LogP contribution in [-0.4, -0.2) is 140 Å². The summed E-state index contributed by atoms with van der Waals surface area (Å²) in [6, 6.07) is -0.942. The van der Waals surface area contributed by atoms with Crippen LogP contribution in [0, 0.1) is 0 Å². The molecule has 0 aromatic rings. The molecule has 91 heavy (non-hydrogen) atoms. The highest BCUT2D eigenvalue weighted by Crippen LogP contribution is 2.30. The summed E-state index contributed by atoms with van der Waals surface area (Å²) in [5, 5.41) is 87.4. The minimum Gasteiger partial charge on any atom is -0.394 e. The van der Waals surface area contributed by atoms with Gasteiger partial charge in [-0.1, -0.05) is 291 Å². The van der Waals surface area contributed by atoms with Crippen LogP contribution in [0.5, 0.6) is 0 Å². The number of ether oxygens (including phenoxy) is 4. The molecule has 2 rings (SSSR count). The Hall–Kier alpha value is -3.09. The third kappa shape index (κ3) is 44.3. The number of carbonyl (C=O) groups excluding carboxylic acids is 1. The van der Waals surface area contributed by atoms with E-state index in [0.29, 0.717) is 12.8 Å². The van der Waals surface area contributed by atoms with Gasteiger partial charge in [-0.25, -0.2) is 0 Å². The Balaban J connectivity index is 1.62. The van der Waals surface area contributed by atoms with Gasteiger partial charge >= 0.3 is 0 Å². The summed E-state index contributed by atoms with van der Waals surface area (Å²) >= 11 is 0. The van der Waals surface area contributed by atoms with Crippen LogP contribution in [-0.2, 0) is 23.7 Å². The van der Waals surface area contributed by atoms with Crippen LogP contribution in [0.4, 0.5) is 0 Å². The molecular formula is C77H135NO13. The number of hydrogen-bond acceptors (Lipinski definition) is 13. The van der Waals surface area contributed by atoms with E-state index in [-0.39, 0.29) is 18.9 Å². The average Bonchev–Trinajstić information content (AvgIpc) is 1.04. The van der Waals surface area contributed by atoms with Crippen molar-refractivity contribution in [3.05, 3.63) is 97.2 Å². The van der Waals surface area contributed by atoms with Gasteiger partial charge in [0.15, 0.2) is 12.6 Å². The van der Waals surface area contributed by atoms with Crippen molar-refractivity contribution in [1.29, 1.82) is 0 Å². The molecule has 526 valence electrons. The monoisotopic (exact) mass is 1280 g/mol. The Bertz CT molecular complexity index is 1900. The van der Waals surface area contributed by atoms with Crippen LogP contribution in [0.15, 0.2) is 97.2 Å². The van der Waals surface area contributed by atoms with Crippen molar-refractivity contribution in [1.82, 2.24) is 5.32 Å². The van der Waals surface area contributed by atoms with Gasteiger partial charge in [0.25, 0.3) is 0 Å². The predicted molar refractivity (Wildman–Crippen MR) is 373 cm³/mol. The van der Waals surface area contributed by atoms with Crippen molar-refractivity contribution in [2.75, 3.05) is 19.8 Å². The minimum atomic E-state index is -1.80. The molecule has 1 amide bonds. The molecule has 0 aromatic carbocycles. The topological polar surface area (TPSA) is 228 Å². The first kappa shape index (κ1) is 84.0. The van der Waals surface area contributed by atoms with Crippen LogP contribution >= 0.6 is 0 Å². The molecule has 0 saturated carbocycles. The number of aliphatic hydroxyl groups excluding tert-OH is 8. The first-order chi connectivity index (χ1) is 44.6. The van der Waals surface area contributed by atoms with Crippen molar-refractivity contribution in [2.24, 2.45) is 0 Å². The van der Waals surface area contributed by atoms with E-state index in [1.807, 2.05) is 6.08 Å². The Labute approximate surface area is 553 Å². The summed E-state index contributed by atoms with van der Waals surface area (Å²) < 4.78 is 22.8. The number of hydrogen-bond donors (Lipinski definition) is 9. The molecule has 2 heterocycles. The van der Waals surface area contributed by atoms with Crippen LogP contribution in [0.2, 0.25) is 0 Å². The molecule has 12 atom stereocenters. The molecule has 0 bridgehead atoms. The molecule has 0 aromatic heterocycles. The molecule has 2 aliphatic heterocycles. The Morgan fingerprint density at radius 3 is 1.21 bits per heavy atom. The van der Waals surface area contributed by atoms with Crippen molar-refractivity contribution < 1.29 is 64.6 Å². The van der Waals surface area contributed by atoms with Gasteiger partial charge in [-0.3, -0.25) is 4.79 Å². The van der Waals surface area contributed by atoms with E-state index in [1.165, 1.54) is 180 Å². The summed E-state index contributed by atoms with van der Waals surface area (Å²) in [6.45, 7) is 2.68. The minimum absolute atomic E-state index is 0.251. The highest BCUT2D eigenvalue weighted by molar-refractivity contribution is 5.76. The van der Waals surface area contributed by atoms with E-state index in [2.05, 4.69) is 104 Å². The third-order valence-electron chi connectivity index (χ3n) is 17.5. The second kappa shape index (κ2) is 60.6. The maximum absolute atomic E-state index is 13.3. The van der Waals surface area contributed by atoms with E-state index in [1.54, 1.807) is 6.08 Å². The summed E-state index contributed by atoms with van der Waals surface area (Å²) in [4.78, 5) is 13.3. The molecule has 14 heteroatoms. The Morgan fingerprint density at radius 2 is 0.769 bits per heavy atom. The lowest BCUT2D eigenvalue weighted by Crippen LogP contribution is -2.65. The molecule has 0 radical (unpaired) electrons. The largest absolute Gasteiger partial charge is 0.394 e. The fourth-order valence-electron chi connectivity index (χ4n) is 11.6. The molecule has 2 fully saturated rings. The van der Waals surface area contributed by atoms with E-state index in [0.717, 1.165) is 77.0 Å². The van der Waals surface area contributed by atoms with Gasteiger partial charge in [-0.15, -0.1) is 0 Å². The van der Waals surface area contributed by atoms with Crippen LogP contribution < -0.4 is 5.32 Å². The fraction of sp³-hybridized carbons (Fsp3) is 0.779. The number of rotatable bonds is 60. The van der Waals surface area contributed by atoms with Crippen molar-refractivity contribution in [3.8, 4) is 0 Å². The lowest BCUT2D eigenvalue weighted by atomic mass is 9.97. The first-order valence-corrected chi connectivity index (χ1v) is 37.0. The molecule has 9 N–H and O–H groups in total. The standard InChI is InChI=1S/C77H135NO13/c1-3-5-7-9-11-13-15-17-19-21-23-25-26-27-28-29-30-31-32-33-34-35-36-37-38-39-40-41-43-45-47-49-51-53-55-57-59-61-69(82)78-65(66(81)60-58-56-54-52-50-48-46-44-42-24-22-20-18-16-14-12-10-8-6-4-2)64-88-76-74(87)72(85)75(68(63-80)90-76)91-77-73(86)71(84)70(83)67(62-79)89-77/h5,7,11,13,17,19,23,25,27-28,42,44,50,52,58,60,65-68,70-77,79-81,83-87H,3-4,6,8-10,12,14-16,18,20-22,24,26,29-41,43,45-49,51,53-57,59,61-64H2,1-2H3,(H,78,82)/b7-5-,13-11-,19-17-,25-23-,28-27-,44-42+,52-50+,60-58+. The lowest BCUT2D eigenvalue weighted by Gasteiger charge is -2.46. The quantitative estimate of drug-likeness (QED) is 0.0204. The van der Waals surface area contributed by atoms with Gasteiger partial charge in [-0.05, 0) is 89.9 Å². The number of unbranched alkanes of at least 4 members (excludes halogenated alkanes) is 33. The SMILES string of the molecule is CC/C=C\C/C=C\C/C=C\C/C=C\C/C=C\CCCCCCCCCCCCCCCCCCCCCCCC(=O)NC(COC1OC(CO)C(OC2OC(CO)C(O)C(O)C2O)C(O)C1O)C(O)/C=C/CC/C=C/CC/C=C/CCCCCCCCCCCC. The average molecular weight is 1280 g/mol. The Morgan fingerprint density at radius 1 is 0.407 bits per heavy atom. The zero-order valence-electron chi connectivity index (χ0n) is 57.3. The molecule has 14 nitrogen and oxygen atoms in total. The third-order valence-corrected chi connectivity index (χ3v) is 17.5. The fourth-order valence-corrected chi connectivity index (χ4v) is 11.6. The number of aliphatic hydroxyl groups is 8. The van der Waals surface area contributed by atoms with Gasteiger partial charge in [0.1, 0.15) is 48.8 Å². The summed E-state index contributed by atoms with van der Waals surface area (Å²) in [5.74, 6) is -0.251. The van der Waals surface area contributed by atoms with E-state index in [9.17, 15) is 45.6 Å². The lowest BCUT2D eigenvalue weighted by molar-refractivity contribution is -0.359. The van der Waals surface area contributed by atoms with Crippen molar-refractivity contribution in [2.45, 2.75) is 364 Å². The molecule has 2 saturated heterocycles. The zero-order valence-corrected chi connectivity index (χ0v) is 57.3. The van der Waals surface area contributed by atoms with Crippen molar-refractivity contribution in [3.63, 3.8) is 0 Å². The number of amides is 1. The number of allylic oxidation sites excluding steroid dienone is 15. The second-order valence-corrected chi connectivity index (χ2v) is 25.7. The van der Waals surface area contributed by atoms with Crippen LogP contribution in [0.25, 0.3) is 0 Å². The second-order valence-electron chi connectivity index (χ2n) is 25.7. The molecule has 12 unspecified atom stereocenters. The summed E-state index contributed by atoms with van der Waals surface area (Å²) in [5.41, 5.74) is 0. The number of carbonyl (C=O) groups is 1. The Kier molecular flexibility index (Phi) is 55.9. The van der Waals surface area contributed by atoms with E-state index >= 15 is 0 Å². The van der Waals surface area contributed by atoms with Gasteiger partial charge in [0.05, 0.1) is 32.0 Å². The number of nitrogens with one attached hydrogen (secondary N) is 1. The van der Waals surface area contributed by atoms with Crippen LogP contribution in [0.1, 0.15) is 290 Å². The van der Waals surface area contributed by atoms with E-state index < -0.39 is 86.8 Å². The van der Waals surface area contributed by atoms with Gasteiger partial charge in [0.2, 0.25) is 5.91 Å². The molecule has 0 spiro atoms. The smallest absolute Gasteiger partial charge is 0.220 e. The maximum atomic E-state index is 13.3. The molecule has 0 aliphatic carbocycles. The van der Waals surface area contributed by atoms with Gasteiger partial charge < -0.3 is 65.1 Å². The molecular weight excluding hydrogens is 1150 g/mol. The predicted octanol–water partition coefficient (Wildman–Crippen LogP) is 15.7. The van der Waals surface area contributed by atoms with E-state index in [4.69, 9.17) is 18.9 Å². The first-order valence-electron chi connectivity index (χ1n) is 37.0. The van der Waals surface area contributed by atoms with Crippen molar-refractivity contribution >= 4 is 5.91 Å². The highest BCUT2D eigenvalue weighted by Gasteiger charge is 2.51. The summed E-state index contributed by atoms with van der Waals surface area (Å²) in [7, 11) is 0. The summed E-state index contributed by atoms with van der Waals surface area (Å²) in [6.07, 6.45) is 69.1. The maximum Gasteiger partial charge on any atom is 0.220 e. The van der Waals surface area contributed by atoms with Crippen LogP contribution in [0.3, 0.4) is 0 Å². The van der Waals surface area contributed by atoms with Gasteiger partial charge in [0, 0.05) is 6.42 Å². The zero-order chi connectivity index (χ0) is 65.9. The normalized spacial score (nSPS) is 23.4. The molecule has 2 aliphatic rings. The highest BCUT2D eigenvalue weighted by atomic mass is 16.7.